The number of fused-ring (bicyclic) bond motifs is 5. The van der Waals surface area contributed by atoms with Crippen molar-refractivity contribution < 1.29 is 0 Å². The Hall–Kier alpha value is -2.16. The van der Waals surface area contributed by atoms with Gasteiger partial charge in [0.2, 0.25) is 0 Å². The summed E-state index contributed by atoms with van der Waals surface area (Å²) in [6, 6.07) is 24.8. The molecule has 5 aromatic rings. The summed E-state index contributed by atoms with van der Waals surface area (Å²) in [6.07, 6.45) is 6.53. The smallest absolute Gasteiger partial charge is 0.0542 e. The van der Waals surface area contributed by atoms with Gasteiger partial charge in [-0.05, 0) is 41.7 Å². The molecule has 0 aliphatic rings. The third kappa shape index (κ3) is 3.25. The molecule has 28 heavy (non-hydrogen) atoms. The largest absolute Gasteiger partial charge is 0.134 e. The Balaban J connectivity index is 1.52. The molecule has 0 aliphatic carbocycles. The van der Waals surface area contributed by atoms with Gasteiger partial charge < -0.3 is 0 Å². The molecule has 2 heteroatoms. The summed E-state index contributed by atoms with van der Waals surface area (Å²) >= 11 is 3.92. The molecule has 0 aliphatic heterocycles. The Morgan fingerprint density at radius 3 is 2.11 bits per heavy atom. The van der Waals surface area contributed by atoms with Gasteiger partial charge in [0.25, 0.3) is 0 Å². The minimum atomic E-state index is 1.21. The first kappa shape index (κ1) is 17.9. The fourth-order valence-corrected chi connectivity index (χ4v) is 6.78. The number of rotatable bonds is 6. The lowest BCUT2D eigenvalue weighted by atomic mass is 10.0. The molecule has 140 valence electrons. The van der Waals surface area contributed by atoms with Crippen LogP contribution in [0.15, 0.2) is 66.7 Å². The number of benzene rings is 3. The second kappa shape index (κ2) is 7.69. The van der Waals surface area contributed by atoms with Crippen LogP contribution in [0.25, 0.3) is 40.7 Å². The first-order chi connectivity index (χ1) is 13.8. The van der Waals surface area contributed by atoms with Gasteiger partial charge in [-0.25, -0.2) is 0 Å². The van der Waals surface area contributed by atoms with E-state index in [2.05, 4.69) is 73.7 Å². The molecule has 0 unspecified atom stereocenters. The molecule has 3 aromatic carbocycles. The van der Waals surface area contributed by atoms with Crippen LogP contribution in [-0.2, 0) is 6.42 Å². The normalized spacial score (nSPS) is 11.8. The van der Waals surface area contributed by atoms with Crippen LogP contribution in [0.5, 0.6) is 0 Å². The van der Waals surface area contributed by atoms with E-state index < -0.39 is 0 Å². The minimum absolute atomic E-state index is 1.21. The molecular weight excluding hydrogens is 376 g/mol. The summed E-state index contributed by atoms with van der Waals surface area (Å²) in [6.45, 7) is 2.28. The van der Waals surface area contributed by atoms with Crippen molar-refractivity contribution in [2.75, 3.05) is 0 Å². The Morgan fingerprint density at radius 2 is 1.36 bits per heavy atom. The monoisotopic (exact) mass is 400 g/mol. The summed E-state index contributed by atoms with van der Waals surface area (Å²) in [5.74, 6) is 0. The standard InChI is InChI=1S/C26H24S2/c1-2-3-4-6-9-18-12-14-21-23(16-18)27-26-22-15-13-20(17-24(22)28-25(21)26)19-10-7-5-8-11-19/h5,7-8,10-17H,2-4,6,9H2,1H3. The maximum absolute atomic E-state index is 2.43. The van der Waals surface area contributed by atoms with Crippen molar-refractivity contribution in [1.29, 1.82) is 0 Å². The molecule has 0 N–H and O–H groups in total. The maximum atomic E-state index is 2.43. The maximum Gasteiger partial charge on any atom is 0.0542 e. The lowest BCUT2D eigenvalue weighted by Gasteiger charge is -2.02. The van der Waals surface area contributed by atoms with Gasteiger partial charge in [-0.1, -0.05) is 80.8 Å². The molecule has 0 amide bonds. The highest BCUT2D eigenvalue weighted by molar-refractivity contribution is 7.36. The lowest BCUT2D eigenvalue weighted by Crippen LogP contribution is -1.85. The summed E-state index contributed by atoms with van der Waals surface area (Å²) in [7, 11) is 0. The molecular formula is C26H24S2. The summed E-state index contributed by atoms with van der Waals surface area (Å²) in [4.78, 5) is 0. The van der Waals surface area contributed by atoms with E-state index in [1.54, 1.807) is 0 Å². The van der Waals surface area contributed by atoms with Crippen molar-refractivity contribution in [2.24, 2.45) is 0 Å². The van der Waals surface area contributed by atoms with Gasteiger partial charge >= 0.3 is 0 Å². The summed E-state index contributed by atoms with van der Waals surface area (Å²) in [5.41, 5.74) is 4.09. The highest BCUT2D eigenvalue weighted by atomic mass is 32.1. The quantitative estimate of drug-likeness (QED) is 0.249. The van der Waals surface area contributed by atoms with Gasteiger partial charge in [-0.15, -0.1) is 22.7 Å². The second-order valence-corrected chi connectivity index (χ2v) is 9.68. The van der Waals surface area contributed by atoms with Crippen LogP contribution in [0, 0.1) is 0 Å². The van der Waals surface area contributed by atoms with E-state index in [0.29, 0.717) is 0 Å². The number of thiophene rings is 2. The highest BCUT2D eigenvalue weighted by Crippen LogP contribution is 2.45. The third-order valence-corrected chi connectivity index (χ3v) is 8.07. The van der Waals surface area contributed by atoms with E-state index in [1.165, 1.54) is 78.4 Å². The zero-order chi connectivity index (χ0) is 18.9. The van der Waals surface area contributed by atoms with Gasteiger partial charge in [0, 0.05) is 20.2 Å². The number of hydrogen-bond donors (Lipinski definition) is 0. The topological polar surface area (TPSA) is 0 Å². The number of aryl methyl sites for hydroxylation is 1. The van der Waals surface area contributed by atoms with E-state index in [4.69, 9.17) is 0 Å². The Morgan fingerprint density at radius 1 is 0.643 bits per heavy atom. The average Bonchev–Trinajstić information content (AvgIpc) is 3.27. The lowest BCUT2D eigenvalue weighted by molar-refractivity contribution is 0.667. The molecule has 2 heterocycles. The van der Waals surface area contributed by atoms with E-state index in [-0.39, 0.29) is 0 Å². The van der Waals surface area contributed by atoms with Crippen molar-refractivity contribution in [1.82, 2.24) is 0 Å². The van der Waals surface area contributed by atoms with Crippen LogP contribution < -0.4 is 0 Å². The van der Waals surface area contributed by atoms with Crippen LogP contribution in [0.1, 0.15) is 38.2 Å². The zero-order valence-corrected chi connectivity index (χ0v) is 17.8. The Kier molecular flexibility index (Phi) is 4.92. The molecule has 0 nitrogen and oxygen atoms in total. The SMILES string of the molecule is CCCCCCc1ccc2c(c1)sc1c3ccc(-c4ccccc4)cc3sc21. The fraction of sp³-hybridized carbons (Fsp3) is 0.231. The summed E-state index contributed by atoms with van der Waals surface area (Å²) < 4.78 is 5.76. The highest BCUT2D eigenvalue weighted by Gasteiger charge is 2.13. The van der Waals surface area contributed by atoms with Crippen molar-refractivity contribution >= 4 is 52.2 Å². The van der Waals surface area contributed by atoms with Crippen LogP contribution in [0.2, 0.25) is 0 Å². The molecule has 5 rings (SSSR count). The van der Waals surface area contributed by atoms with Gasteiger partial charge in [0.1, 0.15) is 0 Å². The van der Waals surface area contributed by atoms with Gasteiger partial charge in [-0.3, -0.25) is 0 Å². The predicted molar refractivity (Wildman–Crippen MR) is 128 cm³/mol. The Bertz CT molecular complexity index is 1240. The van der Waals surface area contributed by atoms with Gasteiger partial charge in [0.05, 0.1) is 9.40 Å². The van der Waals surface area contributed by atoms with Crippen molar-refractivity contribution in [3.63, 3.8) is 0 Å². The zero-order valence-electron chi connectivity index (χ0n) is 16.2. The van der Waals surface area contributed by atoms with Crippen LogP contribution in [0.3, 0.4) is 0 Å². The predicted octanol–water partition coefficient (Wildman–Crippen LogP) is 9.06. The van der Waals surface area contributed by atoms with Gasteiger partial charge in [0.15, 0.2) is 0 Å². The molecule has 0 radical (unpaired) electrons. The van der Waals surface area contributed by atoms with E-state index in [1.807, 2.05) is 22.7 Å². The summed E-state index contributed by atoms with van der Waals surface area (Å²) in [5, 5.41) is 2.84. The van der Waals surface area contributed by atoms with E-state index >= 15 is 0 Å². The van der Waals surface area contributed by atoms with Gasteiger partial charge in [-0.2, -0.15) is 0 Å². The van der Waals surface area contributed by atoms with E-state index in [9.17, 15) is 0 Å². The molecule has 0 saturated carbocycles. The molecule has 0 atom stereocenters. The van der Waals surface area contributed by atoms with Crippen LogP contribution in [-0.4, -0.2) is 0 Å². The molecule has 0 fully saturated rings. The molecule has 0 bridgehead atoms. The first-order valence-corrected chi connectivity index (χ1v) is 11.9. The average molecular weight is 401 g/mol. The number of hydrogen-bond acceptors (Lipinski definition) is 2. The van der Waals surface area contributed by atoms with Crippen LogP contribution in [0.4, 0.5) is 0 Å². The van der Waals surface area contributed by atoms with E-state index in [0.717, 1.165) is 0 Å². The van der Waals surface area contributed by atoms with Crippen molar-refractivity contribution in [3.8, 4) is 11.1 Å². The second-order valence-electron chi connectivity index (χ2n) is 7.58. The Labute approximate surface area is 174 Å². The fourth-order valence-electron chi connectivity index (χ4n) is 4.02. The first-order valence-electron chi connectivity index (χ1n) is 10.3. The molecule has 0 saturated heterocycles. The number of unbranched alkanes of at least 4 members (excludes halogenated alkanes) is 3. The minimum Gasteiger partial charge on any atom is -0.134 e. The van der Waals surface area contributed by atoms with Crippen molar-refractivity contribution in [3.05, 3.63) is 72.3 Å². The molecule has 2 aromatic heterocycles. The van der Waals surface area contributed by atoms with Crippen molar-refractivity contribution in [2.45, 2.75) is 39.0 Å². The molecule has 0 spiro atoms. The third-order valence-electron chi connectivity index (χ3n) is 5.57. The van der Waals surface area contributed by atoms with Crippen LogP contribution >= 0.6 is 22.7 Å².